The second-order valence-corrected chi connectivity index (χ2v) is 7.56. The number of pyridine rings is 2. The number of nitrogens with one attached hydrogen (secondary N) is 1. The molecule has 6 rings (SSSR count). The van der Waals surface area contributed by atoms with E-state index in [1.54, 1.807) is 0 Å². The lowest BCUT2D eigenvalue weighted by atomic mass is 9.90. The first-order valence-corrected chi connectivity index (χ1v) is 9.95. The van der Waals surface area contributed by atoms with Crippen LogP contribution < -0.4 is 9.55 Å². The molecular weight excluding hydrogens is 352 g/mol. The normalized spacial score (nSPS) is 11.6. The maximum atomic E-state index is 3.62. The Balaban J connectivity index is 1.96. The van der Waals surface area contributed by atoms with Gasteiger partial charge in [-0.25, -0.2) is 4.98 Å². The Morgan fingerprint density at radius 3 is 1.38 bits per heavy atom. The summed E-state index contributed by atoms with van der Waals surface area (Å²) in [5.41, 5.74) is 7.38. The van der Waals surface area contributed by atoms with Gasteiger partial charge in [-0.3, -0.25) is 0 Å². The quantitative estimate of drug-likeness (QED) is 0.264. The van der Waals surface area contributed by atoms with Crippen molar-refractivity contribution in [2.24, 2.45) is 7.05 Å². The number of aromatic amines is 1. The van der Waals surface area contributed by atoms with Gasteiger partial charge in [0, 0.05) is 35.4 Å². The van der Waals surface area contributed by atoms with Gasteiger partial charge in [0.05, 0.1) is 21.5 Å². The molecule has 2 nitrogen and oxygen atoms in total. The standard InChI is InChI=1S/C27H19N2/c1-29-24-16-8-4-12-20(24)27(21-13-5-9-17-25(21)29)26-18-10-2-6-14-22(18)28-23-15-7-3-11-19(23)26/h2-17H,1H3/q+1/p+1. The van der Waals surface area contributed by atoms with Crippen molar-refractivity contribution in [3.8, 4) is 11.1 Å². The van der Waals surface area contributed by atoms with E-state index in [9.17, 15) is 0 Å². The number of hydrogen-bond donors (Lipinski definition) is 0. The first-order chi connectivity index (χ1) is 14.3. The zero-order chi connectivity index (χ0) is 19.4. The molecule has 1 N–H and O–H groups in total. The largest absolute Gasteiger partial charge is 0.213 e. The molecular formula is C27H20N2+2. The minimum absolute atomic E-state index is 1.16. The molecule has 136 valence electrons. The van der Waals surface area contributed by atoms with Crippen LogP contribution >= 0.6 is 0 Å². The predicted molar refractivity (Wildman–Crippen MR) is 120 cm³/mol. The number of hydrogen-bond acceptors (Lipinski definition) is 0. The first kappa shape index (κ1) is 16.2. The smallest absolute Gasteiger partial charge is 0.204 e. The molecule has 6 aromatic rings. The number of fused-ring (bicyclic) bond motifs is 4. The highest BCUT2D eigenvalue weighted by molar-refractivity contribution is 6.18. The summed E-state index contributed by atoms with van der Waals surface area (Å²) in [6.07, 6.45) is 0. The van der Waals surface area contributed by atoms with Crippen molar-refractivity contribution in [1.82, 2.24) is 0 Å². The van der Waals surface area contributed by atoms with Gasteiger partial charge in [0.2, 0.25) is 22.1 Å². The Labute approximate surface area is 168 Å². The number of nitrogens with zero attached hydrogens (tertiary/aromatic N) is 1. The van der Waals surface area contributed by atoms with Crippen LogP contribution in [0, 0.1) is 0 Å². The van der Waals surface area contributed by atoms with Gasteiger partial charge in [-0.2, -0.15) is 4.57 Å². The summed E-state index contributed by atoms with van der Waals surface area (Å²) in [7, 11) is 2.16. The summed E-state index contributed by atoms with van der Waals surface area (Å²) >= 11 is 0. The lowest BCUT2D eigenvalue weighted by Gasteiger charge is -2.13. The second-order valence-electron chi connectivity index (χ2n) is 7.56. The molecule has 0 fully saturated rings. The molecule has 0 spiro atoms. The Morgan fingerprint density at radius 2 is 0.862 bits per heavy atom. The minimum atomic E-state index is 1.16. The summed E-state index contributed by atoms with van der Waals surface area (Å²) in [4.78, 5) is 3.62. The van der Waals surface area contributed by atoms with Crippen molar-refractivity contribution in [2.45, 2.75) is 0 Å². The van der Waals surface area contributed by atoms with Crippen molar-refractivity contribution < 1.29 is 9.55 Å². The molecule has 0 aliphatic carbocycles. The minimum Gasteiger partial charge on any atom is -0.204 e. The van der Waals surface area contributed by atoms with Crippen LogP contribution in [0.3, 0.4) is 0 Å². The molecule has 0 saturated carbocycles. The lowest BCUT2D eigenvalue weighted by molar-refractivity contribution is -0.617. The number of aromatic nitrogens is 2. The molecule has 2 aromatic heterocycles. The topological polar surface area (TPSA) is 18.0 Å². The van der Waals surface area contributed by atoms with Crippen LogP contribution in [-0.2, 0) is 7.05 Å². The number of H-pyrrole nitrogens is 1. The molecule has 0 aliphatic rings. The molecule has 0 aliphatic heterocycles. The van der Waals surface area contributed by atoms with Crippen LogP contribution in [0.2, 0.25) is 0 Å². The van der Waals surface area contributed by atoms with Crippen LogP contribution in [0.25, 0.3) is 54.7 Å². The monoisotopic (exact) mass is 372 g/mol. The van der Waals surface area contributed by atoms with Crippen LogP contribution in [0.15, 0.2) is 97.1 Å². The van der Waals surface area contributed by atoms with E-state index >= 15 is 0 Å². The number of aryl methyl sites for hydroxylation is 1. The third kappa shape index (κ3) is 2.29. The average molecular weight is 372 g/mol. The summed E-state index contributed by atoms with van der Waals surface area (Å²) in [5.74, 6) is 0. The van der Waals surface area contributed by atoms with Gasteiger partial charge < -0.3 is 0 Å². The van der Waals surface area contributed by atoms with Gasteiger partial charge in [0.1, 0.15) is 7.05 Å². The molecule has 0 radical (unpaired) electrons. The van der Waals surface area contributed by atoms with Crippen molar-refractivity contribution in [1.29, 1.82) is 0 Å². The number of para-hydroxylation sites is 4. The number of rotatable bonds is 1. The Morgan fingerprint density at radius 1 is 0.483 bits per heavy atom. The van der Waals surface area contributed by atoms with Crippen LogP contribution in [0.4, 0.5) is 0 Å². The first-order valence-electron chi connectivity index (χ1n) is 9.95. The summed E-state index contributed by atoms with van der Waals surface area (Å²) < 4.78 is 2.30. The van der Waals surface area contributed by atoms with Crippen LogP contribution in [0.1, 0.15) is 0 Å². The molecule has 4 aromatic carbocycles. The fourth-order valence-corrected chi connectivity index (χ4v) is 4.68. The molecule has 0 unspecified atom stereocenters. The van der Waals surface area contributed by atoms with E-state index in [1.165, 1.54) is 43.7 Å². The van der Waals surface area contributed by atoms with Gasteiger partial charge >= 0.3 is 0 Å². The van der Waals surface area contributed by atoms with E-state index < -0.39 is 0 Å². The van der Waals surface area contributed by atoms with E-state index in [0.29, 0.717) is 0 Å². The predicted octanol–water partition coefficient (Wildman–Crippen LogP) is 5.61. The highest BCUT2D eigenvalue weighted by Crippen LogP contribution is 2.40. The molecule has 2 heterocycles. The summed E-state index contributed by atoms with van der Waals surface area (Å²) in [5, 5.41) is 5.04. The summed E-state index contributed by atoms with van der Waals surface area (Å²) in [6.45, 7) is 0. The van der Waals surface area contributed by atoms with E-state index in [0.717, 1.165) is 11.0 Å². The number of benzene rings is 4. The van der Waals surface area contributed by atoms with Crippen molar-refractivity contribution >= 4 is 43.6 Å². The fraction of sp³-hybridized carbons (Fsp3) is 0.0370. The highest BCUT2D eigenvalue weighted by atomic mass is 14.9. The zero-order valence-corrected chi connectivity index (χ0v) is 16.2. The van der Waals surface area contributed by atoms with Crippen molar-refractivity contribution in [3.05, 3.63) is 97.1 Å². The van der Waals surface area contributed by atoms with Gasteiger partial charge in [-0.05, 0) is 24.3 Å². The third-order valence-corrected chi connectivity index (χ3v) is 5.98. The van der Waals surface area contributed by atoms with E-state index in [2.05, 4.69) is 114 Å². The molecule has 2 heteroatoms. The van der Waals surface area contributed by atoms with Crippen molar-refractivity contribution in [2.75, 3.05) is 0 Å². The molecule has 0 bridgehead atoms. The Kier molecular flexibility index (Phi) is 3.41. The third-order valence-electron chi connectivity index (χ3n) is 5.98. The Bertz CT molecular complexity index is 1450. The lowest BCUT2D eigenvalue weighted by Crippen LogP contribution is -2.30. The molecule has 0 atom stereocenters. The van der Waals surface area contributed by atoms with Crippen molar-refractivity contribution in [3.63, 3.8) is 0 Å². The highest BCUT2D eigenvalue weighted by Gasteiger charge is 2.23. The van der Waals surface area contributed by atoms with Gasteiger partial charge in [0.25, 0.3) is 0 Å². The average Bonchev–Trinajstić information content (AvgIpc) is 2.79. The molecule has 29 heavy (non-hydrogen) atoms. The maximum absolute atomic E-state index is 3.62. The van der Waals surface area contributed by atoms with Crippen LogP contribution in [0.5, 0.6) is 0 Å². The van der Waals surface area contributed by atoms with E-state index in [4.69, 9.17) is 0 Å². The van der Waals surface area contributed by atoms with Gasteiger partial charge in [-0.1, -0.05) is 48.5 Å². The second kappa shape index (κ2) is 6.11. The zero-order valence-electron chi connectivity index (χ0n) is 16.2. The van der Waals surface area contributed by atoms with Crippen LogP contribution in [-0.4, -0.2) is 0 Å². The van der Waals surface area contributed by atoms with E-state index in [1.807, 2.05) is 0 Å². The fourth-order valence-electron chi connectivity index (χ4n) is 4.68. The SMILES string of the molecule is C[n+]1c2ccccc2c(-c2c3ccccc3[nH+]c3ccccc23)c2ccccc21. The maximum Gasteiger partial charge on any atom is 0.213 e. The molecule has 0 saturated heterocycles. The van der Waals surface area contributed by atoms with Gasteiger partial charge in [-0.15, -0.1) is 0 Å². The van der Waals surface area contributed by atoms with E-state index in [-0.39, 0.29) is 0 Å². The Hall–Kier alpha value is -3.78. The summed E-state index contributed by atoms with van der Waals surface area (Å²) in [6, 6.07) is 34.7. The molecule has 0 amide bonds. The van der Waals surface area contributed by atoms with Gasteiger partial charge in [0.15, 0.2) is 0 Å².